The molecule has 1 saturated carbocycles. The zero-order valence-corrected chi connectivity index (χ0v) is 27.9. The maximum atomic E-state index is 15.7. The lowest BCUT2D eigenvalue weighted by Gasteiger charge is -2.36. The van der Waals surface area contributed by atoms with Gasteiger partial charge in [-0.25, -0.2) is 4.39 Å². The molecular formula is C34H50FN7O4. The summed E-state index contributed by atoms with van der Waals surface area (Å²) in [6.45, 7) is 10.5. The van der Waals surface area contributed by atoms with Gasteiger partial charge >= 0.3 is 0 Å². The van der Waals surface area contributed by atoms with Crippen LogP contribution in [0.5, 0.6) is 0 Å². The molecule has 1 aromatic carbocycles. The van der Waals surface area contributed by atoms with Crippen molar-refractivity contribution in [1.82, 2.24) is 30.2 Å². The molecule has 0 spiro atoms. The molecule has 2 heterocycles. The number of benzene rings is 1. The fraction of sp³-hybridized carbons (Fsp3) is 0.618. The van der Waals surface area contributed by atoms with Gasteiger partial charge in [0.25, 0.3) is 5.91 Å². The third kappa shape index (κ3) is 8.51. The van der Waals surface area contributed by atoms with Crippen molar-refractivity contribution in [2.75, 3.05) is 38.5 Å². The van der Waals surface area contributed by atoms with Crippen LogP contribution in [0.4, 0.5) is 10.1 Å². The molecule has 4 atom stereocenters. The summed E-state index contributed by atoms with van der Waals surface area (Å²) >= 11 is 0. The number of anilines is 1. The molecule has 252 valence electrons. The van der Waals surface area contributed by atoms with Crippen LogP contribution in [0.2, 0.25) is 0 Å². The number of nitrogens with zero attached hydrogens (tertiary/aromatic N) is 4. The number of hydrogen-bond donors (Lipinski definition) is 3. The maximum Gasteiger partial charge on any atom is 0.270 e. The second kappa shape index (κ2) is 16.2. The number of amides is 4. The fourth-order valence-electron chi connectivity index (χ4n) is 6.58. The monoisotopic (exact) mass is 639 g/mol. The first-order valence-electron chi connectivity index (χ1n) is 16.7. The quantitative estimate of drug-likeness (QED) is 0.325. The summed E-state index contributed by atoms with van der Waals surface area (Å²) in [5.41, 5.74) is 0.860. The van der Waals surface area contributed by atoms with Crippen LogP contribution in [0.3, 0.4) is 0 Å². The van der Waals surface area contributed by atoms with Crippen molar-refractivity contribution in [1.29, 1.82) is 0 Å². The van der Waals surface area contributed by atoms with Gasteiger partial charge < -0.3 is 25.8 Å². The molecule has 0 bridgehead atoms. The van der Waals surface area contributed by atoms with Gasteiger partial charge in [-0.1, -0.05) is 58.9 Å². The Labute approximate surface area is 271 Å². The fourth-order valence-corrected chi connectivity index (χ4v) is 6.58. The molecule has 46 heavy (non-hydrogen) atoms. The topological polar surface area (TPSA) is 129 Å². The van der Waals surface area contributed by atoms with E-state index in [1.807, 2.05) is 20.9 Å². The summed E-state index contributed by atoms with van der Waals surface area (Å²) in [5.74, 6) is -2.46. The van der Waals surface area contributed by atoms with Crippen molar-refractivity contribution in [3.8, 4) is 0 Å². The number of rotatable bonds is 12. The average molecular weight is 640 g/mol. The van der Waals surface area contributed by atoms with Crippen molar-refractivity contribution < 1.29 is 23.6 Å². The van der Waals surface area contributed by atoms with E-state index >= 15 is 4.39 Å². The lowest BCUT2D eigenvalue weighted by Crippen LogP contribution is -2.55. The SMILES string of the molecule is CCC(=O)NC(C(=O)N1CCN(C)CC1)C(C)c1ccc(NC(=O)C(NC(=O)c2ccnn2CC)C(C)C2CCCCC2)c(F)c1. The van der Waals surface area contributed by atoms with Crippen molar-refractivity contribution >= 4 is 29.3 Å². The first-order chi connectivity index (χ1) is 22.0. The third-order valence-electron chi connectivity index (χ3n) is 9.73. The Hall–Kier alpha value is -3.80. The second-order valence-corrected chi connectivity index (χ2v) is 12.8. The van der Waals surface area contributed by atoms with E-state index in [1.165, 1.54) is 12.1 Å². The molecule has 1 aliphatic carbocycles. The molecule has 4 unspecified atom stereocenters. The summed E-state index contributed by atoms with van der Waals surface area (Å²) in [4.78, 5) is 56.9. The lowest BCUT2D eigenvalue weighted by atomic mass is 9.77. The highest BCUT2D eigenvalue weighted by atomic mass is 19.1. The Balaban J connectivity index is 1.53. The zero-order valence-electron chi connectivity index (χ0n) is 27.9. The number of carbonyl (C=O) groups is 4. The van der Waals surface area contributed by atoms with Gasteiger partial charge in [0, 0.05) is 51.3 Å². The highest BCUT2D eigenvalue weighted by Crippen LogP contribution is 2.32. The number of halogens is 1. The predicted octanol–water partition coefficient (Wildman–Crippen LogP) is 3.77. The Morgan fingerprint density at radius 1 is 0.957 bits per heavy atom. The molecule has 12 heteroatoms. The highest BCUT2D eigenvalue weighted by Gasteiger charge is 2.35. The van der Waals surface area contributed by atoms with Crippen molar-refractivity contribution in [2.24, 2.45) is 11.8 Å². The maximum absolute atomic E-state index is 15.7. The van der Waals surface area contributed by atoms with Crippen LogP contribution in [-0.2, 0) is 20.9 Å². The number of carbonyl (C=O) groups excluding carboxylic acids is 4. The molecule has 0 radical (unpaired) electrons. The normalized spacial score (nSPS) is 18.7. The van der Waals surface area contributed by atoms with E-state index in [-0.39, 0.29) is 35.8 Å². The molecule has 4 amide bonds. The van der Waals surface area contributed by atoms with Gasteiger partial charge in [0.1, 0.15) is 23.6 Å². The number of nitrogens with one attached hydrogen (secondary N) is 3. The molecule has 2 aromatic rings. The van der Waals surface area contributed by atoms with Gasteiger partial charge in [-0.15, -0.1) is 0 Å². The first-order valence-corrected chi connectivity index (χ1v) is 16.7. The van der Waals surface area contributed by atoms with Gasteiger partial charge in [-0.3, -0.25) is 23.9 Å². The van der Waals surface area contributed by atoms with E-state index in [9.17, 15) is 19.2 Å². The molecule has 3 N–H and O–H groups in total. The lowest BCUT2D eigenvalue weighted by molar-refractivity contribution is -0.138. The van der Waals surface area contributed by atoms with E-state index in [0.29, 0.717) is 30.9 Å². The molecule has 2 fully saturated rings. The summed E-state index contributed by atoms with van der Waals surface area (Å²) in [6.07, 6.45) is 7.01. The van der Waals surface area contributed by atoms with Gasteiger partial charge in [-0.2, -0.15) is 5.10 Å². The highest BCUT2D eigenvalue weighted by molar-refractivity contribution is 6.00. The van der Waals surface area contributed by atoms with E-state index in [4.69, 9.17) is 0 Å². The predicted molar refractivity (Wildman–Crippen MR) is 175 cm³/mol. The standard InChI is InChI=1S/C34H50FN7O4/c1-6-29(43)38-31(34(46)41-19-17-40(5)18-20-41)23(4)25-13-14-27(26(35)21-25)37-33(45)30(22(3)24-11-9-8-10-12-24)39-32(44)28-15-16-36-42(28)7-2/h13-16,21-24,30-31H,6-12,17-20H2,1-5H3,(H,37,45)(H,38,43)(H,39,44). The number of aromatic nitrogens is 2. The van der Waals surface area contributed by atoms with Crippen LogP contribution in [0.15, 0.2) is 30.5 Å². The van der Waals surface area contributed by atoms with Crippen molar-refractivity contribution in [3.63, 3.8) is 0 Å². The van der Waals surface area contributed by atoms with E-state index < -0.39 is 35.6 Å². The van der Waals surface area contributed by atoms with E-state index in [1.54, 1.807) is 41.8 Å². The summed E-state index contributed by atoms with van der Waals surface area (Å²) in [6, 6.07) is 4.33. The minimum absolute atomic E-state index is 0.0193. The third-order valence-corrected chi connectivity index (χ3v) is 9.73. The van der Waals surface area contributed by atoms with Crippen molar-refractivity contribution in [2.45, 2.75) is 90.8 Å². The molecule has 4 rings (SSSR count). The zero-order chi connectivity index (χ0) is 33.4. The van der Waals surface area contributed by atoms with E-state index in [0.717, 1.165) is 45.2 Å². The van der Waals surface area contributed by atoms with Crippen LogP contribution in [0.1, 0.15) is 88.2 Å². The largest absolute Gasteiger partial charge is 0.344 e. The number of hydrogen-bond acceptors (Lipinski definition) is 6. The molecule has 11 nitrogen and oxygen atoms in total. The number of aryl methyl sites for hydroxylation is 1. The van der Waals surface area contributed by atoms with Gasteiger partial charge in [-0.05, 0) is 49.6 Å². The average Bonchev–Trinajstić information content (AvgIpc) is 3.56. The Bertz CT molecular complexity index is 1370. The van der Waals surface area contributed by atoms with Crippen LogP contribution in [0, 0.1) is 17.7 Å². The molecular weight excluding hydrogens is 589 g/mol. The van der Waals surface area contributed by atoms with Crippen LogP contribution in [0.25, 0.3) is 0 Å². The van der Waals surface area contributed by atoms with E-state index in [2.05, 4.69) is 25.9 Å². The summed E-state index contributed by atoms with van der Waals surface area (Å²) in [7, 11) is 2.00. The summed E-state index contributed by atoms with van der Waals surface area (Å²) < 4.78 is 17.2. The second-order valence-electron chi connectivity index (χ2n) is 12.8. The van der Waals surface area contributed by atoms with Crippen LogP contribution >= 0.6 is 0 Å². The van der Waals surface area contributed by atoms with Crippen molar-refractivity contribution in [3.05, 3.63) is 47.5 Å². The Kier molecular flexibility index (Phi) is 12.3. The molecule has 1 saturated heterocycles. The van der Waals surface area contributed by atoms with Crippen LogP contribution in [-0.4, -0.2) is 88.5 Å². The van der Waals surface area contributed by atoms with Gasteiger partial charge in [0.15, 0.2) is 0 Å². The number of piperazine rings is 1. The minimum Gasteiger partial charge on any atom is -0.344 e. The first kappa shape index (κ1) is 35.1. The Morgan fingerprint density at radius 3 is 2.28 bits per heavy atom. The van der Waals surface area contributed by atoms with Gasteiger partial charge in [0.2, 0.25) is 17.7 Å². The minimum atomic E-state index is -0.886. The summed E-state index contributed by atoms with van der Waals surface area (Å²) in [5, 5.41) is 12.7. The number of likely N-dealkylation sites (N-methyl/N-ethyl adjacent to an activating group) is 1. The van der Waals surface area contributed by atoms with Gasteiger partial charge in [0.05, 0.1) is 5.69 Å². The molecule has 2 aliphatic rings. The molecule has 1 aliphatic heterocycles. The van der Waals surface area contributed by atoms with Crippen LogP contribution < -0.4 is 16.0 Å². The smallest absolute Gasteiger partial charge is 0.270 e. The Morgan fingerprint density at radius 2 is 1.65 bits per heavy atom. The molecule has 1 aromatic heterocycles.